The van der Waals surface area contributed by atoms with Crippen molar-refractivity contribution in [2.75, 3.05) is 24.4 Å². The maximum Gasteiger partial charge on any atom is 0.174 e. The van der Waals surface area contributed by atoms with E-state index in [1.54, 1.807) is 7.11 Å². The predicted octanol–water partition coefficient (Wildman–Crippen LogP) is 4.29. The van der Waals surface area contributed by atoms with Crippen LogP contribution in [-0.2, 0) is 0 Å². The predicted molar refractivity (Wildman–Crippen MR) is 98.0 cm³/mol. The Morgan fingerprint density at radius 2 is 1.72 bits per heavy atom. The van der Waals surface area contributed by atoms with Gasteiger partial charge in [-0.3, -0.25) is 0 Å². The summed E-state index contributed by atoms with van der Waals surface area (Å²) in [5.74, 6) is 1.17. The third-order valence-corrected chi connectivity index (χ3v) is 4.32. The number of nitrogens with zero attached hydrogens (tertiary/aromatic N) is 1. The molecule has 0 amide bonds. The largest absolute Gasteiger partial charge is 0.493 e. The number of rotatable bonds is 4. The number of nitriles is 1. The van der Waals surface area contributed by atoms with Crippen LogP contribution in [0.25, 0.3) is 10.8 Å². The van der Waals surface area contributed by atoms with Gasteiger partial charge in [0.2, 0.25) is 0 Å². The second-order valence-corrected chi connectivity index (χ2v) is 5.79. The average Bonchev–Trinajstić information content (AvgIpc) is 2.66. The van der Waals surface area contributed by atoms with Crippen molar-refractivity contribution in [2.45, 2.75) is 6.17 Å². The van der Waals surface area contributed by atoms with Gasteiger partial charge in [-0.05, 0) is 35.2 Å². The molecule has 1 aliphatic rings. The number of methoxy groups -OCH3 is 1. The minimum Gasteiger partial charge on any atom is -0.493 e. The molecule has 0 spiro atoms. The van der Waals surface area contributed by atoms with Crippen molar-refractivity contribution in [1.82, 2.24) is 0 Å². The summed E-state index contributed by atoms with van der Waals surface area (Å²) < 4.78 is 10.8. The Hall–Kier alpha value is -3.39. The van der Waals surface area contributed by atoms with Crippen molar-refractivity contribution in [1.29, 1.82) is 5.26 Å². The summed E-state index contributed by atoms with van der Waals surface area (Å²) in [6.07, 6.45) is -0.0839. The van der Waals surface area contributed by atoms with Crippen LogP contribution in [-0.4, -0.2) is 13.7 Å². The van der Waals surface area contributed by atoms with Crippen molar-refractivity contribution in [3.8, 4) is 17.6 Å². The smallest absolute Gasteiger partial charge is 0.174 e. The van der Waals surface area contributed by atoms with Crippen molar-refractivity contribution in [3.63, 3.8) is 0 Å². The molecule has 0 atom stereocenters. The number of hydrogen-bond donors (Lipinski definition) is 2. The van der Waals surface area contributed by atoms with E-state index in [4.69, 9.17) is 14.7 Å². The summed E-state index contributed by atoms with van der Waals surface area (Å²) in [6, 6.07) is 20.2. The van der Waals surface area contributed by atoms with E-state index in [2.05, 4.69) is 47.0 Å². The summed E-state index contributed by atoms with van der Waals surface area (Å²) >= 11 is 0. The highest BCUT2D eigenvalue weighted by atomic mass is 16.5. The van der Waals surface area contributed by atoms with Gasteiger partial charge in [0.15, 0.2) is 18.1 Å². The zero-order chi connectivity index (χ0) is 17.2. The van der Waals surface area contributed by atoms with E-state index in [1.165, 1.54) is 10.8 Å². The Morgan fingerprint density at radius 3 is 2.36 bits per heavy atom. The molecule has 3 aromatic rings. The average molecular weight is 331 g/mol. The van der Waals surface area contributed by atoms with E-state index in [0.29, 0.717) is 11.5 Å². The van der Waals surface area contributed by atoms with Crippen LogP contribution in [0.1, 0.15) is 11.7 Å². The van der Waals surface area contributed by atoms with E-state index in [1.807, 2.05) is 24.3 Å². The van der Waals surface area contributed by atoms with Crippen LogP contribution in [0.5, 0.6) is 11.5 Å². The SMILES string of the molecule is COc1cc(C2Nc3cccc4cccc(c34)N2)ccc1OCC#N. The highest BCUT2D eigenvalue weighted by Gasteiger charge is 2.21. The second kappa shape index (κ2) is 6.25. The van der Waals surface area contributed by atoms with Crippen LogP contribution < -0.4 is 20.1 Å². The highest BCUT2D eigenvalue weighted by molar-refractivity contribution is 6.04. The first-order chi connectivity index (χ1) is 12.3. The zero-order valence-electron chi connectivity index (χ0n) is 13.7. The minimum atomic E-state index is -0.0839. The summed E-state index contributed by atoms with van der Waals surface area (Å²) in [4.78, 5) is 0. The fraction of sp³-hybridized carbons (Fsp3) is 0.150. The van der Waals surface area contributed by atoms with Crippen LogP contribution in [0.2, 0.25) is 0 Å². The number of ether oxygens (including phenoxy) is 2. The first kappa shape index (κ1) is 15.2. The number of hydrogen-bond acceptors (Lipinski definition) is 5. The molecule has 0 saturated carbocycles. The third-order valence-electron chi connectivity index (χ3n) is 4.32. The molecule has 0 unspecified atom stereocenters. The van der Waals surface area contributed by atoms with Crippen LogP contribution in [0, 0.1) is 11.3 Å². The molecule has 25 heavy (non-hydrogen) atoms. The maximum atomic E-state index is 8.68. The van der Waals surface area contributed by atoms with Gasteiger partial charge in [-0.2, -0.15) is 5.26 Å². The topological polar surface area (TPSA) is 66.3 Å². The summed E-state index contributed by atoms with van der Waals surface area (Å²) in [6.45, 7) is -0.00892. The van der Waals surface area contributed by atoms with E-state index >= 15 is 0 Å². The van der Waals surface area contributed by atoms with E-state index in [9.17, 15) is 0 Å². The number of benzene rings is 3. The molecular formula is C20H17N3O2. The molecule has 5 nitrogen and oxygen atoms in total. The Bertz CT molecular complexity index is 938. The Kier molecular flexibility index (Phi) is 3.79. The third kappa shape index (κ3) is 2.68. The Labute approximate surface area is 145 Å². The van der Waals surface area contributed by atoms with Crippen molar-refractivity contribution < 1.29 is 9.47 Å². The molecule has 0 radical (unpaired) electrons. The standard InChI is InChI=1S/C20H17N3O2/c1-24-18-12-14(8-9-17(18)25-11-10-21)20-22-15-6-2-4-13-5-3-7-16(23-20)19(13)15/h2-9,12,20,22-23H,11H2,1H3. The van der Waals surface area contributed by atoms with Crippen LogP contribution in [0.15, 0.2) is 54.6 Å². The molecule has 3 aromatic carbocycles. The quantitative estimate of drug-likeness (QED) is 0.746. The zero-order valence-corrected chi connectivity index (χ0v) is 13.7. The molecule has 5 heteroatoms. The van der Waals surface area contributed by atoms with E-state index < -0.39 is 0 Å². The Morgan fingerprint density at radius 1 is 1.00 bits per heavy atom. The van der Waals surface area contributed by atoms with Gasteiger partial charge in [0.25, 0.3) is 0 Å². The molecule has 0 fully saturated rings. The van der Waals surface area contributed by atoms with Crippen LogP contribution in [0.3, 0.4) is 0 Å². The lowest BCUT2D eigenvalue weighted by atomic mass is 10.0. The lowest BCUT2D eigenvalue weighted by molar-refractivity contribution is 0.329. The molecule has 124 valence electrons. The molecule has 0 bridgehead atoms. The Balaban J connectivity index is 1.69. The first-order valence-corrected chi connectivity index (χ1v) is 8.02. The number of anilines is 2. The van der Waals surface area contributed by atoms with Crippen molar-refractivity contribution in [3.05, 3.63) is 60.2 Å². The summed E-state index contributed by atoms with van der Waals surface area (Å²) in [7, 11) is 1.59. The number of nitrogens with one attached hydrogen (secondary N) is 2. The fourth-order valence-corrected chi connectivity index (χ4v) is 3.19. The lowest BCUT2D eigenvalue weighted by Gasteiger charge is -2.30. The van der Waals surface area contributed by atoms with Gasteiger partial charge in [0.1, 0.15) is 12.2 Å². The van der Waals surface area contributed by atoms with Crippen LogP contribution >= 0.6 is 0 Å². The molecule has 0 aliphatic carbocycles. The van der Waals surface area contributed by atoms with Gasteiger partial charge < -0.3 is 20.1 Å². The summed E-state index contributed by atoms with van der Waals surface area (Å²) in [5.41, 5.74) is 3.22. The minimum absolute atomic E-state index is 0.00892. The lowest BCUT2D eigenvalue weighted by Crippen LogP contribution is -2.23. The molecule has 0 saturated heterocycles. The van der Waals surface area contributed by atoms with E-state index in [-0.39, 0.29) is 12.8 Å². The van der Waals surface area contributed by atoms with Gasteiger partial charge in [0, 0.05) is 16.8 Å². The molecule has 0 aromatic heterocycles. The molecule has 1 heterocycles. The highest BCUT2D eigenvalue weighted by Crippen LogP contribution is 2.39. The van der Waals surface area contributed by atoms with Crippen molar-refractivity contribution in [2.24, 2.45) is 0 Å². The molecule has 2 N–H and O–H groups in total. The van der Waals surface area contributed by atoms with Gasteiger partial charge in [-0.25, -0.2) is 0 Å². The van der Waals surface area contributed by atoms with Gasteiger partial charge in [-0.15, -0.1) is 0 Å². The van der Waals surface area contributed by atoms with E-state index in [0.717, 1.165) is 16.9 Å². The van der Waals surface area contributed by atoms with Gasteiger partial charge >= 0.3 is 0 Å². The fourth-order valence-electron chi connectivity index (χ4n) is 3.19. The second-order valence-electron chi connectivity index (χ2n) is 5.79. The maximum absolute atomic E-state index is 8.68. The molecule has 1 aliphatic heterocycles. The summed E-state index contributed by atoms with van der Waals surface area (Å²) in [5, 5.41) is 18.1. The molecular weight excluding hydrogens is 314 g/mol. The molecule has 4 rings (SSSR count). The van der Waals surface area contributed by atoms with Gasteiger partial charge in [0.05, 0.1) is 7.11 Å². The van der Waals surface area contributed by atoms with Crippen LogP contribution in [0.4, 0.5) is 11.4 Å². The van der Waals surface area contributed by atoms with Gasteiger partial charge in [-0.1, -0.05) is 30.3 Å². The monoisotopic (exact) mass is 331 g/mol. The first-order valence-electron chi connectivity index (χ1n) is 8.02. The normalized spacial score (nSPS) is 12.8. The van der Waals surface area contributed by atoms with Crippen molar-refractivity contribution >= 4 is 22.1 Å².